The number of hydrogen-bond donors (Lipinski definition) is 2. The summed E-state index contributed by atoms with van der Waals surface area (Å²) in [5.74, 6) is 3.37. The maximum absolute atomic E-state index is 5.53. The van der Waals surface area contributed by atoms with Gasteiger partial charge in [-0.15, -0.1) is 0 Å². The molecule has 8 nitrogen and oxygen atoms in total. The monoisotopic (exact) mass is 408 g/mol. The first kappa shape index (κ1) is 23.1. The molecule has 0 aliphatic carbocycles. The highest BCUT2D eigenvalue weighted by Crippen LogP contribution is 2.33. The predicted molar refractivity (Wildman–Crippen MR) is 115 cm³/mol. The van der Waals surface area contributed by atoms with Gasteiger partial charge >= 0.3 is 0 Å². The van der Waals surface area contributed by atoms with Crippen molar-refractivity contribution in [2.45, 2.75) is 26.4 Å². The molecule has 0 spiro atoms. The molecule has 2 rings (SSSR count). The van der Waals surface area contributed by atoms with Crippen molar-refractivity contribution in [1.29, 1.82) is 0 Å². The molecule has 1 aliphatic heterocycles. The van der Waals surface area contributed by atoms with Crippen molar-refractivity contribution in [3.63, 3.8) is 0 Å². The van der Waals surface area contributed by atoms with Crippen molar-refractivity contribution in [3.8, 4) is 17.2 Å². The van der Waals surface area contributed by atoms with E-state index in [9.17, 15) is 0 Å². The van der Waals surface area contributed by atoms with Crippen LogP contribution in [-0.4, -0.2) is 78.1 Å². The molecule has 0 saturated carbocycles. The molecule has 1 aliphatic rings. The molecule has 1 heterocycles. The van der Waals surface area contributed by atoms with Crippen molar-refractivity contribution in [2.24, 2.45) is 10.9 Å². The third-order valence-corrected chi connectivity index (χ3v) is 5.24. The average Bonchev–Trinajstić information content (AvgIpc) is 2.75. The van der Waals surface area contributed by atoms with Crippen molar-refractivity contribution >= 4 is 5.96 Å². The number of morpholine rings is 1. The Morgan fingerprint density at radius 3 is 2.17 bits per heavy atom. The van der Waals surface area contributed by atoms with Crippen LogP contribution < -0.4 is 24.8 Å². The summed E-state index contributed by atoms with van der Waals surface area (Å²) in [5, 5.41) is 6.83. The Bertz CT molecular complexity index is 635. The van der Waals surface area contributed by atoms with Gasteiger partial charge in [-0.05, 0) is 5.92 Å². The number of nitrogens with one attached hydrogen (secondary N) is 2. The fraction of sp³-hybridized carbons (Fsp3) is 0.667. The molecule has 29 heavy (non-hydrogen) atoms. The maximum Gasteiger partial charge on any atom is 0.191 e. The summed E-state index contributed by atoms with van der Waals surface area (Å²) in [6, 6.07) is 4.12. The second-order valence-corrected chi connectivity index (χ2v) is 7.28. The minimum Gasteiger partial charge on any atom is -0.496 e. The van der Waals surface area contributed by atoms with Gasteiger partial charge in [-0.1, -0.05) is 13.8 Å². The van der Waals surface area contributed by atoms with E-state index in [1.807, 2.05) is 12.1 Å². The summed E-state index contributed by atoms with van der Waals surface area (Å²) >= 11 is 0. The molecular weight excluding hydrogens is 372 g/mol. The number of aliphatic imine (C=N–C) groups is 1. The van der Waals surface area contributed by atoms with Crippen LogP contribution in [0.1, 0.15) is 19.4 Å². The quantitative estimate of drug-likeness (QED) is 0.476. The zero-order valence-electron chi connectivity index (χ0n) is 18.6. The third kappa shape index (κ3) is 6.40. The minimum atomic E-state index is 0.419. The van der Waals surface area contributed by atoms with Gasteiger partial charge in [0.1, 0.15) is 17.2 Å². The summed E-state index contributed by atoms with van der Waals surface area (Å²) in [6.07, 6.45) is 0. The molecule has 1 fully saturated rings. The van der Waals surface area contributed by atoms with E-state index in [4.69, 9.17) is 18.9 Å². The standard InChI is InChI=1S/C21H36N4O4/c1-15(2)18(25-7-9-29-10-8-25)14-24-21(22-3)23-13-17-19(27-5)11-16(26-4)12-20(17)28-6/h11-12,15,18H,7-10,13-14H2,1-6H3,(H2,22,23,24). The minimum absolute atomic E-state index is 0.419. The van der Waals surface area contributed by atoms with Gasteiger partial charge in [0.25, 0.3) is 0 Å². The van der Waals surface area contributed by atoms with E-state index in [0.717, 1.165) is 44.4 Å². The van der Waals surface area contributed by atoms with Crippen molar-refractivity contribution < 1.29 is 18.9 Å². The average molecular weight is 409 g/mol. The first-order chi connectivity index (χ1) is 14.0. The van der Waals surface area contributed by atoms with E-state index in [0.29, 0.717) is 35.8 Å². The normalized spacial score (nSPS) is 16.4. The Labute approximate surface area is 174 Å². The van der Waals surface area contributed by atoms with Gasteiger partial charge < -0.3 is 29.6 Å². The van der Waals surface area contributed by atoms with E-state index >= 15 is 0 Å². The molecule has 1 unspecified atom stereocenters. The van der Waals surface area contributed by atoms with Gasteiger partial charge in [0.15, 0.2) is 5.96 Å². The molecular formula is C21H36N4O4. The van der Waals surface area contributed by atoms with Crippen LogP contribution in [0.4, 0.5) is 0 Å². The molecule has 0 aromatic heterocycles. The maximum atomic E-state index is 5.53. The summed E-state index contributed by atoms with van der Waals surface area (Å²) in [7, 11) is 6.68. The van der Waals surface area contributed by atoms with Crippen molar-refractivity contribution in [2.75, 3.05) is 61.2 Å². The number of guanidine groups is 1. The molecule has 0 amide bonds. The molecule has 8 heteroatoms. The summed E-state index contributed by atoms with van der Waals surface area (Å²) < 4.78 is 21.9. The molecule has 1 saturated heterocycles. The lowest BCUT2D eigenvalue weighted by Gasteiger charge is -2.37. The van der Waals surface area contributed by atoms with Gasteiger partial charge in [0, 0.05) is 44.9 Å². The largest absolute Gasteiger partial charge is 0.496 e. The van der Waals surface area contributed by atoms with Gasteiger partial charge in [-0.3, -0.25) is 9.89 Å². The van der Waals surface area contributed by atoms with Crippen LogP contribution in [-0.2, 0) is 11.3 Å². The number of ether oxygens (including phenoxy) is 4. The Hall–Kier alpha value is -2.19. The zero-order chi connectivity index (χ0) is 21.2. The molecule has 0 bridgehead atoms. The van der Waals surface area contributed by atoms with Crippen LogP contribution in [0.15, 0.2) is 17.1 Å². The van der Waals surface area contributed by atoms with Gasteiger partial charge in [-0.25, -0.2) is 0 Å². The van der Waals surface area contributed by atoms with E-state index in [1.54, 1.807) is 28.4 Å². The second-order valence-electron chi connectivity index (χ2n) is 7.28. The Morgan fingerprint density at radius 2 is 1.69 bits per heavy atom. The lowest BCUT2D eigenvalue weighted by atomic mass is 10.0. The first-order valence-electron chi connectivity index (χ1n) is 10.1. The molecule has 2 N–H and O–H groups in total. The number of methoxy groups -OCH3 is 3. The number of benzene rings is 1. The summed E-state index contributed by atoms with van der Waals surface area (Å²) in [5.41, 5.74) is 0.910. The highest BCUT2D eigenvalue weighted by atomic mass is 16.5. The van der Waals surface area contributed by atoms with Crippen LogP contribution in [0.3, 0.4) is 0 Å². The smallest absolute Gasteiger partial charge is 0.191 e. The van der Waals surface area contributed by atoms with Crippen molar-refractivity contribution in [3.05, 3.63) is 17.7 Å². The summed E-state index contributed by atoms with van der Waals surface area (Å²) in [6.45, 7) is 9.37. The van der Waals surface area contributed by atoms with Crippen molar-refractivity contribution in [1.82, 2.24) is 15.5 Å². The number of rotatable bonds is 9. The molecule has 1 aromatic rings. The fourth-order valence-electron chi connectivity index (χ4n) is 3.54. The van der Waals surface area contributed by atoms with Gasteiger partial charge in [0.05, 0.1) is 46.7 Å². The third-order valence-electron chi connectivity index (χ3n) is 5.24. The zero-order valence-corrected chi connectivity index (χ0v) is 18.6. The highest BCUT2D eigenvalue weighted by molar-refractivity contribution is 5.79. The molecule has 0 radical (unpaired) electrons. The van der Waals surface area contributed by atoms with E-state index in [1.165, 1.54) is 0 Å². The number of hydrogen-bond acceptors (Lipinski definition) is 6. The fourth-order valence-corrected chi connectivity index (χ4v) is 3.54. The lowest BCUT2D eigenvalue weighted by Crippen LogP contribution is -2.52. The van der Waals surface area contributed by atoms with Crippen LogP contribution in [0.2, 0.25) is 0 Å². The lowest BCUT2D eigenvalue weighted by molar-refractivity contribution is 0.00752. The van der Waals surface area contributed by atoms with Crippen LogP contribution in [0.25, 0.3) is 0 Å². The summed E-state index contributed by atoms with van der Waals surface area (Å²) in [4.78, 5) is 6.86. The van der Waals surface area contributed by atoms with E-state index < -0.39 is 0 Å². The van der Waals surface area contributed by atoms with E-state index in [-0.39, 0.29) is 0 Å². The first-order valence-corrected chi connectivity index (χ1v) is 10.1. The topological polar surface area (TPSA) is 76.6 Å². The van der Waals surface area contributed by atoms with E-state index in [2.05, 4.69) is 34.4 Å². The predicted octanol–water partition coefficient (Wildman–Crippen LogP) is 1.73. The van der Waals surface area contributed by atoms with Gasteiger partial charge in [0.2, 0.25) is 0 Å². The van der Waals surface area contributed by atoms with Crippen LogP contribution in [0, 0.1) is 5.92 Å². The Balaban J connectivity index is 2.01. The Kier molecular flexibility index (Phi) is 9.34. The highest BCUT2D eigenvalue weighted by Gasteiger charge is 2.24. The molecule has 1 aromatic carbocycles. The van der Waals surface area contributed by atoms with Crippen LogP contribution in [0.5, 0.6) is 17.2 Å². The molecule has 1 atom stereocenters. The second kappa shape index (κ2) is 11.7. The van der Waals surface area contributed by atoms with Crippen LogP contribution >= 0.6 is 0 Å². The number of nitrogens with zero attached hydrogens (tertiary/aromatic N) is 2. The Morgan fingerprint density at radius 1 is 1.07 bits per heavy atom. The molecule has 164 valence electrons. The SMILES string of the molecule is CN=C(NCc1c(OC)cc(OC)cc1OC)NCC(C(C)C)N1CCOCC1. The van der Waals surface area contributed by atoms with Gasteiger partial charge in [-0.2, -0.15) is 0 Å².